The second-order valence-corrected chi connectivity index (χ2v) is 2.62. The van der Waals surface area contributed by atoms with Crippen LogP contribution in [0.25, 0.3) is 0 Å². The number of carbonyl (C=O) groups excluding carboxylic acids is 1. The third-order valence-corrected chi connectivity index (χ3v) is 1.73. The molecule has 1 rings (SSSR count). The van der Waals surface area contributed by atoms with Crippen LogP contribution in [0.5, 0.6) is 0 Å². The van der Waals surface area contributed by atoms with E-state index in [1.54, 1.807) is 18.2 Å². The van der Waals surface area contributed by atoms with E-state index in [0.29, 0.717) is 22.1 Å². The molecule has 1 radical (unpaired) electrons. The van der Waals surface area contributed by atoms with Gasteiger partial charge in [-0.25, -0.2) is 5.32 Å². The van der Waals surface area contributed by atoms with Crippen LogP contribution < -0.4 is 5.32 Å². The van der Waals surface area contributed by atoms with Crippen molar-refractivity contribution in [1.82, 2.24) is 5.32 Å². The van der Waals surface area contributed by atoms with Crippen molar-refractivity contribution < 1.29 is 4.79 Å². The second kappa shape index (κ2) is 3.60. The lowest BCUT2D eigenvalue weighted by atomic mass is 10.3. The Morgan fingerprint density at radius 3 is 2.27 bits per heavy atom. The molecule has 1 aromatic carbocycles. The average Bonchev–Trinajstić information content (AvgIpc) is 1.97. The van der Waals surface area contributed by atoms with E-state index in [9.17, 15) is 4.79 Å². The maximum absolute atomic E-state index is 9.99. The van der Waals surface area contributed by atoms with E-state index >= 15 is 0 Å². The summed E-state index contributed by atoms with van der Waals surface area (Å²) in [4.78, 5) is 9.99. The first-order valence-electron chi connectivity index (χ1n) is 2.84. The van der Waals surface area contributed by atoms with Gasteiger partial charge in [0.2, 0.25) is 6.41 Å². The molecule has 1 aromatic rings. The van der Waals surface area contributed by atoms with Crippen LogP contribution in [-0.4, -0.2) is 6.41 Å². The van der Waals surface area contributed by atoms with Gasteiger partial charge in [0, 0.05) is 0 Å². The van der Waals surface area contributed by atoms with E-state index < -0.39 is 0 Å². The zero-order chi connectivity index (χ0) is 8.27. The summed E-state index contributed by atoms with van der Waals surface area (Å²) in [6.07, 6.45) is 0.410. The molecule has 0 aromatic heterocycles. The molecule has 0 bridgehead atoms. The molecule has 0 aliphatic heterocycles. The Morgan fingerprint density at radius 1 is 1.27 bits per heavy atom. The van der Waals surface area contributed by atoms with Crippen molar-refractivity contribution in [3.63, 3.8) is 0 Å². The molecule has 57 valence electrons. The monoisotopic (exact) mass is 188 g/mol. The first-order chi connectivity index (χ1) is 5.25. The predicted molar refractivity (Wildman–Crippen MR) is 44.3 cm³/mol. The van der Waals surface area contributed by atoms with Gasteiger partial charge in [0.1, 0.15) is 5.69 Å². The topological polar surface area (TPSA) is 31.2 Å². The molecule has 0 aliphatic carbocycles. The minimum absolute atomic E-state index is 0.325. The zero-order valence-electron chi connectivity index (χ0n) is 5.42. The Kier molecular flexibility index (Phi) is 2.74. The molecular weight excluding hydrogens is 185 g/mol. The summed E-state index contributed by atoms with van der Waals surface area (Å²) in [5, 5.41) is 4.22. The lowest BCUT2D eigenvalue weighted by Gasteiger charge is -2.00. The van der Waals surface area contributed by atoms with Crippen LogP contribution in [0.2, 0.25) is 10.0 Å². The van der Waals surface area contributed by atoms with Crippen molar-refractivity contribution in [2.24, 2.45) is 0 Å². The summed E-state index contributed by atoms with van der Waals surface area (Å²) in [7, 11) is 0. The van der Waals surface area contributed by atoms with Gasteiger partial charge in [-0.3, -0.25) is 4.79 Å². The Morgan fingerprint density at radius 2 is 1.82 bits per heavy atom. The molecule has 0 heterocycles. The van der Waals surface area contributed by atoms with E-state index in [0.717, 1.165) is 0 Å². The van der Waals surface area contributed by atoms with Crippen molar-refractivity contribution in [2.75, 3.05) is 0 Å². The van der Waals surface area contributed by atoms with E-state index in [-0.39, 0.29) is 0 Å². The minimum Gasteiger partial charge on any atom is -0.276 e. The molecule has 0 unspecified atom stereocenters. The predicted octanol–water partition coefficient (Wildman–Crippen LogP) is 2.39. The molecule has 0 aliphatic rings. The van der Waals surface area contributed by atoms with Gasteiger partial charge < -0.3 is 0 Å². The van der Waals surface area contributed by atoms with Gasteiger partial charge in [-0.1, -0.05) is 29.3 Å². The molecule has 0 N–H and O–H groups in total. The summed E-state index contributed by atoms with van der Waals surface area (Å²) in [6, 6.07) is 4.93. The zero-order valence-corrected chi connectivity index (χ0v) is 6.93. The van der Waals surface area contributed by atoms with Crippen molar-refractivity contribution in [3.05, 3.63) is 28.2 Å². The molecule has 4 heteroatoms. The Hall–Kier alpha value is -0.730. The summed E-state index contributed by atoms with van der Waals surface area (Å²) in [5.41, 5.74) is 0.325. The smallest absolute Gasteiger partial charge is 0.233 e. The van der Waals surface area contributed by atoms with Crippen LogP contribution >= 0.6 is 23.2 Å². The highest BCUT2D eigenvalue weighted by Gasteiger charge is 2.04. The first kappa shape index (κ1) is 8.37. The van der Waals surface area contributed by atoms with Crippen molar-refractivity contribution >= 4 is 35.3 Å². The molecule has 0 saturated heterocycles. The van der Waals surface area contributed by atoms with Gasteiger partial charge in [-0.2, -0.15) is 0 Å². The Bertz CT molecular complexity index is 255. The Balaban J connectivity index is 3.09. The number of para-hydroxylation sites is 1. The number of amides is 1. The summed E-state index contributed by atoms with van der Waals surface area (Å²) < 4.78 is 0. The molecule has 1 amide bonds. The Labute approximate surface area is 74.1 Å². The maximum atomic E-state index is 9.99. The van der Waals surface area contributed by atoms with Crippen LogP contribution in [0.4, 0.5) is 5.69 Å². The summed E-state index contributed by atoms with van der Waals surface area (Å²) in [6.45, 7) is 0. The second-order valence-electron chi connectivity index (χ2n) is 1.80. The molecule has 11 heavy (non-hydrogen) atoms. The van der Waals surface area contributed by atoms with Crippen LogP contribution in [-0.2, 0) is 4.79 Å². The normalized spacial score (nSPS) is 9.27. The fraction of sp³-hybridized carbons (Fsp3) is 0. The maximum Gasteiger partial charge on any atom is 0.233 e. The van der Waals surface area contributed by atoms with Crippen molar-refractivity contribution in [2.45, 2.75) is 0 Å². The average molecular weight is 189 g/mol. The summed E-state index contributed by atoms with van der Waals surface area (Å²) in [5.74, 6) is 0. The fourth-order valence-electron chi connectivity index (χ4n) is 0.665. The highest BCUT2D eigenvalue weighted by Crippen LogP contribution is 2.29. The largest absolute Gasteiger partial charge is 0.276 e. The summed E-state index contributed by atoms with van der Waals surface area (Å²) >= 11 is 11.3. The van der Waals surface area contributed by atoms with Gasteiger partial charge in [-0.15, -0.1) is 0 Å². The number of hydrogen-bond donors (Lipinski definition) is 0. The fourth-order valence-corrected chi connectivity index (χ4v) is 1.16. The van der Waals surface area contributed by atoms with Crippen molar-refractivity contribution in [3.8, 4) is 0 Å². The molecule has 0 fully saturated rings. The van der Waals surface area contributed by atoms with Crippen LogP contribution in [0.1, 0.15) is 0 Å². The van der Waals surface area contributed by atoms with Crippen LogP contribution in [0.3, 0.4) is 0 Å². The molecule has 2 nitrogen and oxygen atoms in total. The molecule has 0 atom stereocenters. The third-order valence-electron chi connectivity index (χ3n) is 1.12. The van der Waals surface area contributed by atoms with E-state index in [4.69, 9.17) is 23.2 Å². The number of benzene rings is 1. The first-order valence-corrected chi connectivity index (χ1v) is 3.60. The molecular formula is C7H4Cl2NO. The quantitative estimate of drug-likeness (QED) is 0.657. The van der Waals surface area contributed by atoms with Gasteiger partial charge in [0.05, 0.1) is 10.0 Å². The number of nitrogens with zero attached hydrogens (tertiary/aromatic N) is 1. The number of rotatable bonds is 2. The molecule has 0 saturated carbocycles. The highest BCUT2D eigenvalue weighted by molar-refractivity contribution is 6.38. The van der Waals surface area contributed by atoms with E-state index in [1.165, 1.54) is 0 Å². The van der Waals surface area contributed by atoms with E-state index in [1.807, 2.05) is 0 Å². The SMILES string of the molecule is O=C[N]c1c(Cl)cccc1Cl. The number of halogens is 2. The van der Waals surface area contributed by atoms with Gasteiger partial charge in [0.25, 0.3) is 0 Å². The molecule has 0 spiro atoms. The van der Waals surface area contributed by atoms with Gasteiger partial charge in [0.15, 0.2) is 0 Å². The van der Waals surface area contributed by atoms with Crippen molar-refractivity contribution in [1.29, 1.82) is 0 Å². The highest BCUT2D eigenvalue weighted by atomic mass is 35.5. The third kappa shape index (κ3) is 1.85. The van der Waals surface area contributed by atoms with Crippen LogP contribution in [0, 0.1) is 0 Å². The lowest BCUT2D eigenvalue weighted by Crippen LogP contribution is -1.93. The number of hydrogen-bond acceptors (Lipinski definition) is 1. The van der Waals surface area contributed by atoms with Crippen LogP contribution in [0.15, 0.2) is 18.2 Å². The van der Waals surface area contributed by atoms with E-state index in [2.05, 4.69) is 5.32 Å². The van der Waals surface area contributed by atoms with Gasteiger partial charge >= 0.3 is 0 Å². The lowest BCUT2D eigenvalue weighted by molar-refractivity contribution is -0.108. The van der Waals surface area contributed by atoms with Gasteiger partial charge in [-0.05, 0) is 12.1 Å². The minimum atomic E-state index is 0.325. The standard InChI is InChI=1S/C7H4Cl2NO/c8-5-2-1-3-6(9)7(5)10-4-11/h1-4H. The number of carbonyl (C=O) groups is 1.